The van der Waals surface area contributed by atoms with Gasteiger partial charge < -0.3 is 4.90 Å². The third-order valence-electron chi connectivity index (χ3n) is 3.75. The minimum absolute atomic E-state index is 0.0980. The molecule has 110 valence electrons. The Morgan fingerprint density at radius 3 is 3.10 bits per heavy atom. The van der Waals surface area contributed by atoms with E-state index in [4.69, 9.17) is 0 Å². The SMILES string of the molecule is C[C@H](Sc1ccccn1)C(=O)N1CCC[C@@H]1c1ccsc1. The standard InChI is InChI=1S/C16H18N2OS2/c1-12(21-15-6-2-3-8-17-15)16(19)18-9-4-5-14(18)13-7-10-20-11-13/h2-3,6-8,10-12,14H,4-5,9H2,1H3/t12-,14+/m0/s1. The van der Waals surface area contributed by atoms with Crippen LogP contribution in [-0.2, 0) is 4.79 Å². The van der Waals surface area contributed by atoms with Crippen molar-refractivity contribution < 1.29 is 4.79 Å². The molecule has 0 N–H and O–H groups in total. The maximum absolute atomic E-state index is 12.7. The number of pyridine rings is 1. The lowest BCUT2D eigenvalue weighted by atomic mass is 10.1. The molecule has 1 fully saturated rings. The van der Waals surface area contributed by atoms with Crippen LogP contribution >= 0.6 is 23.1 Å². The molecule has 1 aliphatic heterocycles. The second-order valence-electron chi connectivity index (χ2n) is 5.17. The number of carbonyl (C=O) groups excluding carboxylic acids is 1. The molecule has 2 aromatic heterocycles. The van der Waals surface area contributed by atoms with E-state index in [1.54, 1.807) is 17.5 Å². The summed E-state index contributed by atoms with van der Waals surface area (Å²) in [6.45, 7) is 2.84. The average Bonchev–Trinajstić information content (AvgIpc) is 3.18. The Balaban J connectivity index is 1.69. The number of thioether (sulfide) groups is 1. The molecule has 2 atom stereocenters. The van der Waals surface area contributed by atoms with E-state index in [-0.39, 0.29) is 17.2 Å². The molecule has 0 saturated carbocycles. The zero-order chi connectivity index (χ0) is 14.7. The van der Waals surface area contributed by atoms with Crippen molar-refractivity contribution in [2.24, 2.45) is 0 Å². The highest BCUT2D eigenvalue weighted by Gasteiger charge is 2.32. The molecule has 0 unspecified atom stereocenters. The predicted molar refractivity (Wildman–Crippen MR) is 87.6 cm³/mol. The molecule has 1 aliphatic rings. The summed E-state index contributed by atoms with van der Waals surface area (Å²) in [6, 6.07) is 8.20. The number of amides is 1. The number of rotatable bonds is 4. The molecule has 0 bridgehead atoms. The lowest BCUT2D eigenvalue weighted by Gasteiger charge is -2.26. The van der Waals surface area contributed by atoms with Crippen LogP contribution in [0.4, 0.5) is 0 Å². The van der Waals surface area contributed by atoms with E-state index >= 15 is 0 Å². The number of likely N-dealkylation sites (tertiary alicyclic amines) is 1. The summed E-state index contributed by atoms with van der Waals surface area (Å²) in [4.78, 5) is 19.1. The highest BCUT2D eigenvalue weighted by molar-refractivity contribution is 8.00. The number of hydrogen-bond donors (Lipinski definition) is 0. The normalized spacial score (nSPS) is 19.7. The summed E-state index contributed by atoms with van der Waals surface area (Å²) in [6.07, 6.45) is 3.93. The molecule has 1 saturated heterocycles. The van der Waals surface area contributed by atoms with Crippen molar-refractivity contribution in [2.45, 2.75) is 36.1 Å². The average molecular weight is 318 g/mol. The Bertz CT molecular complexity index is 586. The highest BCUT2D eigenvalue weighted by atomic mass is 32.2. The molecule has 0 aliphatic carbocycles. The van der Waals surface area contributed by atoms with E-state index < -0.39 is 0 Å². The first-order chi connectivity index (χ1) is 10.3. The van der Waals surface area contributed by atoms with Crippen molar-refractivity contribution in [1.29, 1.82) is 0 Å². The summed E-state index contributed by atoms with van der Waals surface area (Å²) in [5.74, 6) is 0.222. The van der Waals surface area contributed by atoms with Crippen molar-refractivity contribution in [2.75, 3.05) is 6.54 Å². The molecular formula is C16H18N2OS2. The lowest BCUT2D eigenvalue weighted by Crippen LogP contribution is -2.36. The van der Waals surface area contributed by atoms with E-state index in [0.29, 0.717) is 0 Å². The first-order valence-corrected chi connectivity index (χ1v) is 8.98. The maximum Gasteiger partial charge on any atom is 0.236 e. The molecule has 5 heteroatoms. The van der Waals surface area contributed by atoms with E-state index in [1.807, 2.05) is 30.0 Å². The van der Waals surface area contributed by atoms with Crippen molar-refractivity contribution >= 4 is 29.0 Å². The van der Waals surface area contributed by atoms with E-state index in [2.05, 4.69) is 21.8 Å². The number of hydrogen-bond acceptors (Lipinski definition) is 4. The molecular weight excluding hydrogens is 300 g/mol. The third kappa shape index (κ3) is 3.30. The smallest absolute Gasteiger partial charge is 0.236 e. The number of nitrogens with zero attached hydrogens (tertiary/aromatic N) is 2. The van der Waals surface area contributed by atoms with Gasteiger partial charge in [0.2, 0.25) is 5.91 Å². The zero-order valence-electron chi connectivity index (χ0n) is 11.9. The van der Waals surface area contributed by atoms with Gasteiger partial charge >= 0.3 is 0 Å². The Hall–Kier alpha value is -1.33. The van der Waals surface area contributed by atoms with Crippen molar-refractivity contribution in [1.82, 2.24) is 9.88 Å². The summed E-state index contributed by atoms with van der Waals surface area (Å²) >= 11 is 3.24. The monoisotopic (exact) mass is 318 g/mol. The van der Waals surface area contributed by atoms with Gasteiger partial charge in [-0.1, -0.05) is 17.8 Å². The van der Waals surface area contributed by atoms with Gasteiger partial charge in [-0.05, 0) is 54.3 Å². The topological polar surface area (TPSA) is 33.2 Å². The fourth-order valence-electron chi connectivity index (χ4n) is 2.72. The van der Waals surface area contributed by atoms with E-state index in [0.717, 1.165) is 24.4 Å². The van der Waals surface area contributed by atoms with Crippen LogP contribution in [0.15, 0.2) is 46.2 Å². The van der Waals surface area contributed by atoms with Gasteiger partial charge in [0, 0.05) is 12.7 Å². The first kappa shape index (κ1) is 14.6. The third-order valence-corrected chi connectivity index (χ3v) is 5.49. The van der Waals surface area contributed by atoms with Gasteiger partial charge in [0.05, 0.1) is 16.3 Å². The Labute approximate surface area is 133 Å². The Morgan fingerprint density at radius 1 is 1.48 bits per heavy atom. The van der Waals surface area contributed by atoms with Crippen molar-refractivity contribution in [3.05, 3.63) is 46.8 Å². The number of aromatic nitrogens is 1. The van der Waals surface area contributed by atoms with Crippen LogP contribution in [0.1, 0.15) is 31.4 Å². The predicted octanol–water partition coefficient (Wildman–Crippen LogP) is 3.99. The quantitative estimate of drug-likeness (QED) is 0.799. The van der Waals surface area contributed by atoms with Crippen LogP contribution in [0.25, 0.3) is 0 Å². The molecule has 21 heavy (non-hydrogen) atoms. The first-order valence-electron chi connectivity index (χ1n) is 7.16. The van der Waals surface area contributed by atoms with Crippen LogP contribution < -0.4 is 0 Å². The molecule has 3 rings (SSSR count). The molecule has 1 amide bonds. The maximum atomic E-state index is 12.7. The van der Waals surface area contributed by atoms with Crippen LogP contribution in [0.3, 0.4) is 0 Å². The molecule has 3 heterocycles. The lowest BCUT2D eigenvalue weighted by molar-refractivity contribution is -0.131. The molecule has 0 radical (unpaired) electrons. The minimum atomic E-state index is -0.0980. The van der Waals surface area contributed by atoms with Gasteiger partial charge in [0.15, 0.2) is 0 Å². The van der Waals surface area contributed by atoms with Gasteiger partial charge in [-0.2, -0.15) is 11.3 Å². The Morgan fingerprint density at radius 2 is 2.38 bits per heavy atom. The van der Waals surface area contributed by atoms with Gasteiger partial charge in [-0.3, -0.25) is 4.79 Å². The second-order valence-corrected chi connectivity index (χ2v) is 7.32. The molecule has 2 aromatic rings. The Kier molecular flexibility index (Phi) is 4.60. The van der Waals surface area contributed by atoms with Gasteiger partial charge in [-0.25, -0.2) is 4.98 Å². The molecule has 0 aromatic carbocycles. The van der Waals surface area contributed by atoms with E-state index in [9.17, 15) is 4.79 Å². The van der Waals surface area contributed by atoms with Gasteiger partial charge in [0.25, 0.3) is 0 Å². The van der Waals surface area contributed by atoms with Crippen molar-refractivity contribution in [3.8, 4) is 0 Å². The van der Waals surface area contributed by atoms with Crippen LogP contribution in [-0.4, -0.2) is 27.6 Å². The highest BCUT2D eigenvalue weighted by Crippen LogP contribution is 2.35. The minimum Gasteiger partial charge on any atom is -0.335 e. The van der Waals surface area contributed by atoms with Crippen LogP contribution in [0, 0.1) is 0 Å². The summed E-state index contributed by atoms with van der Waals surface area (Å²) < 4.78 is 0. The van der Waals surface area contributed by atoms with Crippen LogP contribution in [0.2, 0.25) is 0 Å². The summed E-state index contributed by atoms with van der Waals surface area (Å²) in [5.41, 5.74) is 1.28. The van der Waals surface area contributed by atoms with Gasteiger partial charge in [-0.15, -0.1) is 0 Å². The summed E-state index contributed by atoms with van der Waals surface area (Å²) in [7, 11) is 0. The summed E-state index contributed by atoms with van der Waals surface area (Å²) in [5, 5.41) is 5.05. The second kappa shape index (κ2) is 6.62. The number of thiophene rings is 1. The fourth-order valence-corrected chi connectivity index (χ4v) is 4.31. The molecule has 3 nitrogen and oxygen atoms in total. The van der Waals surface area contributed by atoms with Crippen LogP contribution in [0.5, 0.6) is 0 Å². The van der Waals surface area contributed by atoms with Crippen molar-refractivity contribution in [3.63, 3.8) is 0 Å². The largest absolute Gasteiger partial charge is 0.335 e. The number of carbonyl (C=O) groups is 1. The van der Waals surface area contributed by atoms with E-state index in [1.165, 1.54) is 17.3 Å². The molecule has 0 spiro atoms. The van der Waals surface area contributed by atoms with Gasteiger partial charge in [0.1, 0.15) is 0 Å². The zero-order valence-corrected chi connectivity index (χ0v) is 13.6. The fraction of sp³-hybridized carbons (Fsp3) is 0.375.